The second kappa shape index (κ2) is 8.68. The summed E-state index contributed by atoms with van der Waals surface area (Å²) >= 11 is 15.8. The monoisotopic (exact) mass is 499 g/mol. The SMILES string of the molecule is COc1ccc(/C=C2\C=C(c3ccccc3)N(c3ccc(Cl)c(Cl)c3)C2=O)cc1Br. The van der Waals surface area contributed by atoms with Crippen molar-refractivity contribution in [2.75, 3.05) is 12.0 Å². The standard InChI is InChI=1S/C24H16BrCl2NO2/c1-30-23-10-7-15(12-19(23)25)11-17-13-22(16-5-3-2-4-6-16)28(24(17)29)18-8-9-20(26)21(27)14-18/h2-14H,1H3/b17-11+. The third kappa shape index (κ3) is 4.04. The van der Waals surface area contributed by atoms with Gasteiger partial charge in [0.05, 0.1) is 33.0 Å². The van der Waals surface area contributed by atoms with Crippen LogP contribution < -0.4 is 9.64 Å². The Morgan fingerprint density at radius 1 is 0.967 bits per heavy atom. The summed E-state index contributed by atoms with van der Waals surface area (Å²) < 4.78 is 6.10. The number of halogens is 3. The number of hydrogen-bond donors (Lipinski definition) is 0. The summed E-state index contributed by atoms with van der Waals surface area (Å²) in [6.45, 7) is 0. The average molecular weight is 501 g/mol. The summed E-state index contributed by atoms with van der Waals surface area (Å²) in [5.41, 5.74) is 3.81. The number of carbonyl (C=O) groups excluding carboxylic acids is 1. The molecule has 150 valence electrons. The lowest BCUT2D eigenvalue weighted by molar-refractivity contribution is -0.113. The van der Waals surface area contributed by atoms with Crippen LogP contribution in [0, 0.1) is 0 Å². The molecular formula is C24H16BrCl2NO2. The Morgan fingerprint density at radius 2 is 1.73 bits per heavy atom. The first-order valence-corrected chi connectivity index (χ1v) is 10.6. The third-order valence-corrected chi connectivity index (χ3v) is 6.07. The fourth-order valence-electron chi connectivity index (χ4n) is 3.27. The van der Waals surface area contributed by atoms with E-state index in [2.05, 4.69) is 15.9 Å². The first-order valence-electron chi connectivity index (χ1n) is 9.10. The molecule has 0 unspecified atom stereocenters. The molecule has 0 fully saturated rings. The van der Waals surface area contributed by atoms with Crippen molar-refractivity contribution in [3.05, 3.63) is 104 Å². The molecule has 4 rings (SSSR count). The first-order chi connectivity index (χ1) is 14.5. The van der Waals surface area contributed by atoms with Gasteiger partial charge in [-0.3, -0.25) is 9.69 Å². The van der Waals surface area contributed by atoms with Crippen LogP contribution in [-0.4, -0.2) is 13.0 Å². The minimum atomic E-state index is -0.140. The number of rotatable bonds is 4. The van der Waals surface area contributed by atoms with Gasteiger partial charge in [-0.1, -0.05) is 59.6 Å². The highest BCUT2D eigenvalue weighted by Gasteiger charge is 2.30. The van der Waals surface area contributed by atoms with E-state index in [4.69, 9.17) is 27.9 Å². The van der Waals surface area contributed by atoms with Crippen molar-refractivity contribution in [1.82, 2.24) is 0 Å². The van der Waals surface area contributed by atoms with Crippen molar-refractivity contribution in [1.29, 1.82) is 0 Å². The molecule has 0 radical (unpaired) electrons. The van der Waals surface area contributed by atoms with Gasteiger partial charge in [-0.15, -0.1) is 0 Å². The Bertz CT molecular complexity index is 1190. The van der Waals surface area contributed by atoms with E-state index in [0.29, 0.717) is 21.3 Å². The first kappa shape index (κ1) is 20.7. The molecule has 1 aliphatic heterocycles. The molecule has 0 aromatic heterocycles. The Kier molecular flexibility index (Phi) is 6.00. The number of benzene rings is 3. The predicted octanol–water partition coefficient (Wildman–Crippen LogP) is 7.24. The van der Waals surface area contributed by atoms with Gasteiger partial charge < -0.3 is 4.74 Å². The zero-order chi connectivity index (χ0) is 21.3. The van der Waals surface area contributed by atoms with Gasteiger partial charge in [-0.25, -0.2) is 0 Å². The molecule has 0 saturated carbocycles. The number of hydrogen-bond acceptors (Lipinski definition) is 2. The lowest BCUT2D eigenvalue weighted by Crippen LogP contribution is -2.24. The summed E-state index contributed by atoms with van der Waals surface area (Å²) in [5, 5.41) is 0.835. The van der Waals surface area contributed by atoms with Crippen LogP contribution >= 0.6 is 39.1 Å². The van der Waals surface area contributed by atoms with Crippen LogP contribution in [0.25, 0.3) is 11.8 Å². The van der Waals surface area contributed by atoms with Crippen LogP contribution in [0.5, 0.6) is 5.75 Å². The normalized spacial score (nSPS) is 14.9. The van der Waals surface area contributed by atoms with Gasteiger partial charge in [0.15, 0.2) is 0 Å². The van der Waals surface area contributed by atoms with E-state index in [-0.39, 0.29) is 5.91 Å². The van der Waals surface area contributed by atoms with Crippen LogP contribution in [0.2, 0.25) is 10.0 Å². The van der Waals surface area contributed by atoms with Crippen LogP contribution in [-0.2, 0) is 4.79 Å². The highest BCUT2D eigenvalue weighted by atomic mass is 79.9. The fraction of sp³-hybridized carbons (Fsp3) is 0.0417. The van der Waals surface area contributed by atoms with Gasteiger partial charge in [-0.05, 0) is 69.5 Å². The maximum Gasteiger partial charge on any atom is 0.262 e. The number of ether oxygens (including phenoxy) is 1. The summed E-state index contributed by atoms with van der Waals surface area (Å²) in [7, 11) is 1.61. The predicted molar refractivity (Wildman–Crippen MR) is 127 cm³/mol. The second-order valence-electron chi connectivity index (χ2n) is 6.63. The molecule has 30 heavy (non-hydrogen) atoms. The molecule has 0 spiro atoms. The fourth-order valence-corrected chi connectivity index (χ4v) is 4.12. The van der Waals surface area contributed by atoms with E-state index in [1.807, 2.05) is 60.7 Å². The van der Waals surface area contributed by atoms with Crippen LogP contribution in [0.15, 0.2) is 82.9 Å². The molecule has 1 amide bonds. The van der Waals surface area contributed by atoms with Gasteiger partial charge in [0.25, 0.3) is 5.91 Å². The van der Waals surface area contributed by atoms with Gasteiger partial charge in [-0.2, -0.15) is 0 Å². The van der Waals surface area contributed by atoms with Gasteiger partial charge >= 0.3 is 0 Å². The Labute approximate surface area is 193 Å². The highest BCUT2D eigenvalue weighted by molar-refractivity contribution is 9.10. The molecule has 3 aromatic rings. The van der Waals surface area contributed by atoms with Crippen molar-refractivity contribution >= 4 is 62.5 Å². The maximum atomic E-state index is 13.4. The summed E-state index contributed by atoms with van der Waals surface area (Å²) in [6.07, 6.45) is 3.74. The lowest BCUT2D eigenvalue weighted by atomic mass is 10.1. The number of amides is 1. The Hall–Kier alpha value is -2.53. The number of nitrogens with zero attached hydrogens (tertiary/aromatic N) is 1. The third-order valence-electron chi connectivity index (χ3n) is 4.71. The minimum Gasteiger partial charge on any atom is -0.496 e. The van der Waals surface area contributed by atoms with Gasteiger partial charge in [0.2, 0.25) is 0 Å². The largest absolute Gasteiger partial charge is 0.496 e. The molecule has 0 bridgehead atoms. The highest BCUT2D eigenvalue weighted by Crippen LogP contribution is 2.38. The van der Waals surface area contributed by atoms with E-state index >= 15 is 0 Å². The average Bonchev–Trinajstić information content (AvgIpc) is 3.07. The van der Waals surface area contributed by atoms with E-state index < -0.39 is 0 Å². The molecular weight excluding hydrogens is 485 g/mol. The smallest absolute Gasteiger partial charge is 0.262 e. The van der Waals surface area contributed by atoms with E-state index in [0.717, 1.165) is 27.0 Å². The number of anilines is 1. The quantitative estimate of drug-likeness (QED) is 0.353. The van der Waals surface area contributed by atoms with Gasteiger partial charge in [0, 0.05) is 5.57 Å². The number of carbonyl (C=O) groups is 1. The zero-order valence-electron chi connectivity index (χ0n) is 15.9. The minimum absolute atomic E-state index is 0.140. The molecule has 6 heteroatoms. The van der Waals surface area contributed by atoms with Gasteiger partial charge in [0.1, 0.15) is 5.75 Å². The van der Waals surface area contributed by atoms with Crippen molar-refractivity contribution < 1.29 is 9.53 Å². The molecule has 1 aliphatic rings. The van der Waals surface area contributed by atoms with E-state index in [9.17, 15) is 4.79 Å². The van der Waals surface area contributed by atoms with Crippen molar-refractivity contribution in [3.8, 4) is 5.75 Å². The molecule has 0 aliphatic carbocycles. The second-order valence-corrected chi connectivity index (χ2v) is 8.30. The summed E-state index contributed by atoms with van der Waals surface area (Å²) in [5.74, 6) is 0.590. The molecule has 0 N–H and O–H groups in total. The van der Waals surface area contributed by atoms with Crippen molar-refractivity contribution in [2.24, 2.45) is 0 Å². The van der Waals surface area contributed by atoms with Crippen LogP contribution in [0.3, 0.4) is 0 Å². The van der Waals surface area contributed by atoms with Crippen molar-refractivity contribution in [3.63, 3.8) is 0 Å². The summed E-state index contributed by atoms with van der Waals surface area (Å²) in [4.78, 5) is 15.0. The Morgan fingerprint density at radius 3 is 2.40 bits per heavy atom. The number of methoxy groups -OCH3 is 1. The molecule has 0 saturated heterocycles. The molecule has 1 heterocycles. The van der Waals surface area contributed by atoms with Crippen LogP contribution in [0.1, 0.15) is 11.1 Å². The Balaban J connectivity index is 1.81. The maximum absolute atomic E-state index is 13.4. The van der Waals surface area contributed by atoms with E-state index in [1.54, 1.807) is 30.2 Å². The van der Waals surface area contributed by atoms with Crippen molar-refractivity contribution in [2.45, 2.75) is 0 Å². The topological polar surface area (TPSA) is 29.5 Å². The summed E-state index contributed by atoms with van der Waals surface area (Å²) in [6, 6.07) is 20.6. The molecule has 0 atom stereocenters. The zero-order valence-corrected chi connectivity index (χ0v) is 19.0. The van der Waals surface area contributed by atoms with Crippen LogP contribution in [0.4, 0.5) is 5.69 Å². The lowest BCUT2D eigenvalue weighted by Gasteiger charge is -2.21. The van der Waals surface area contributed by atoms with E-state index in [1.165, 1.54) is 0 Å². The molecule has 3 nitrogen and oxygen atoms in total. The molecule has 3 aromatic carbocycles.